The van der Waals surface area contributed by atoms with E-state index in [9.17, 15) is 0 Å². The van der Waals surface area contributed by atoms with Gasteiger partial charge in [0.2, 0.25) is 5.82 Å². The molecule has 0 radical (unpaired) electrons. The summed E-state index contributed by atoms with van der Waals surface area (Å²) in [4.78, 5) is 9.71. The van der Waals surface area contributed by atoms with Crippen molar-refractivity contribution < 1.29 is 0 Å². The Morgan fingerprint density at radius 3 is 2.60 bits per heavy atom. The zero-order valence-corrected chi connectivity index (χ0v) is 20.5. The van der Waals surface area contributed by atoms with E-state index in [1.54, 1.807) is 0 Å². The minimum atomic E-state index is 0.565. The summed E-state index contributed by atoms with van der Waals surface area (Å²) in [5.74, 6) is 3.51. The number of nitrogens with one attached hydrogen (secondary N) is 1. The number of hydrogen-bond acceptors (Lipinski definition) is 6. The molecule has 1 N–H and O–H groups in total. The maximum atomic E-state index is 4.94. The Morgan fingerprint density at radius 2 is 1.86 bits per heavy atom. The topological polar surface area (TPSA) is 98.1 Å². The molecule has 8 nitrogen and oxygen atoms in total. The first-order valence-electron chi connectivity index (χ1n) is 13.0. The first-order chi connectivity index (χ1) is 17.3. The van der Waals surface area contributed by atoms with E-state index in [0.29, 0.717) is 12.4 Å². The van der Waals surface area contributed by atoms with Gasteiger partial charge < -0.3 is 0 Å². The van der Waals surface area contributed by atoms with Gasteiger partial charge in [-0.15, -0.1) is 10.2 Å². The van der Waals surface area contributed by atoms with Crippen LogP contribution in [0.4, 0.5) is 0 Å². The molecule has 0 aliphatic heterocycles. The van der Waals surface area contributed by atoms with Crippen LogP contribution >= 0.6 is 0 Å². The van der Waals surface area contributed by atoms with Crippen LogP contribution in [0.3, 0.4) is 0 Å². The fourth-order valence-corrected chi connectivity index (χ4v) is 5.02. The smallest absolute Gasteiger partial charge is 0.205 e. The van der Waals surface area contributed by atoms with Gasteiger partial charge in [0.1, 0.15) is 5.82 Å². The Morgan fingerprint density at radius 1 is 1.00 bits per heavy atom. The zero-order chi connectivity index (χ0) is 23.9. The van der Waals surface area contributed by atoms with Crippen LogP contribution in [-0.4, -0.2) is 40.4 Å². The predicted molar refractivity (Wildman–Crippen MR) is 135 cm³/mol. The van der Waals surface area contributed by atoms with Crippen LogP contribution in [0.15, 0.2) is 42.6 Å². The lowest BCUT2D eigenvalue weighted by atomic mass is 9.86. The number of pyridine rings is 1. The molecular formula is C27H34N8. The van der Waals surface area contributed by atoms with E-state index >= 15 is 0 Å². The summed E-state index contributed by atoms with van der Waals surface area (Å²) in [7, 11) is 0. The van der Waals surface area contributed by atoms with E-state index in [2.05, 4.69) is 44.4 Å². The SMILES string of the molecule is CCCCc1nc(CCC2CCCCC2)nn1Cc1ccc(-c2ccccc2-c2nn[nH]n2)nc1. The average molecular weight is 471 g/mol. The number of hydrogen-bond donors (Lipinski definition) is 1. The van der Waals surface area contributed by atoms with Gasteiger partial charge in [-0.2, -0.15) is 10.3 Å². The first-order valence-corrected chi connectivity index (χ1v) is 13.0. The Balaban J connectivity index is 1.31. The summed E-state index contributed by atoms with van der Waals surface area (Å²) in [5.41, 5.74) is 3.89. The Kier molecular flexibility index (Phi) is 7.56. The largest absolute Gasteiger partial charge is 0.256 e. The molecule has 1 aromatic carbocycles. The van der Waals surface area contributed by atoms with Crippen LogP contribution in [0.2, 0.25) is 0 Å². The molecule has 3 aromatic heterocycles. The molecule has 8 heteroatoms. The van der Waals surface area contributed by atoms with Crippen molar-refractivity contribution in [1.29, 1.82) is 0 Å². The monoisotopic (exact) mass is 470 g/mol. The van der Waals surface area contributed by atoms with E-state index in [1.807, 2.05) is 30.5 Å². The van der Waals surface area contributed by atoms with Crippen molar-refractivity contribution in [1.82, 2.24) is 40.4 Å². The zero-order valence-electron chi connectivity index (χ0n) is 20.5. The van der Waals surface area contributed by atoms with Gasteiger partial charge in [0.25, 0.3) is 0 Å². The predicted octanol–water partition coefficient (Wildman–Crippen LogP) is 5.42. The molecule has 0 bridgehead atoms. The number of aromatic nitrogens is 8. The van der Waals surface area contributed by atoms with Gasteiger partial charge in [-0.25, -0.2) is 9.67 Å². The fourth-order valence-electron chi connectivity index (χ4n) is 5.02. The lowest BCUT2D eigenvalue weighted by Gasteiger charge is -2.20. The highest BCUT2D eigenvalue weighted by molar-refractivity contribution is 5.78. The van der Waals surface area contributed by atoms with Gasteiger partial charge in [-0.3, -0.25) is 4.98 Å². The number of aromatic amines is 1. The molecular weight excluding hydrogens is 436 g/mol. The summed E-state index contributed by atoms with van der Waals surface area (Å²) in [6.07, 6.45) is 14.3. The van der Waals surface area contributed by atoms with Gasteiger partial charge in [0.05, 0.1) is 12.2 Å². The minimum Gasteiger partial charge on any atom is -0.256 e. The summed E-state index contributed by atoms with van der Waals surface area (Å²) < 4.78 is 2.09. The second-order valence-electron chi connectivity index (χ2n) is 9.58. The molecule has 1 saturated carbocycles. The molecule has 0 spiro atoms. The van der Waals surface area contributed by atoms with E-state index in [4.69, 9.17) is 15.1 Å². The number of unbranched alkanes of at least 4 members (excludes halogenated alkanes) is 1. The summed E-state index contributed by atoms with van der Waals surface area (Å²) >= 11 is 0. The summed E-state index contributed by atoms with van der Waals surface area (Å²) in [6, 6.07) is 12.2. The van der Waals surface area contributed by atoms with Gasteiger partial charge in [0.15, 0.2) is 5.82 Å². The fraction of sp³-hybridized carbons (Fsp3) is 0.481. The molecule has 35 heavy (non-hydrogen) atoms. The molecule has 0 unspecified atom stereocenters. The van der Waals surface area contributed by atoms with E-state index in [1.165, 1.54) is 38.5 Å². The van der Waals surface area contributed by atoms with Gasteiger partial charge in [0, 0.05) is 30.2 Å². The Labute approximate surface area is 206 Å². The highest BCUT2D eigenvalue weighted by Gasteiger charge is 2.17. The number of tetrazole rings is 1. The molecule has 0 saturated heterocycles. The average Bonchev–Trinajstić information content (AvgIpc) is 3.58. The van der Waals surface area contributed by atoms with E-state index in [-0.39, 0.29) is 0 Å². The van der Waals surface area contributed by atoms with Crippen LogP contribution in [0.1, 0.15) is 75.5 Å². The van der Waals surface area contributed by atoms with Crippen LogP contribution in [-0.2, 0) is 19.4 Å². The minimum absolute atomic E-state index is 0.565. The van der Waals surface area contributed by atoms with E-state index in [0.717, 1.165) is 65.6 Å². The Bertz CT molecular complexity index is 1190. The van der Waals surface area contributed by atoms with Crippen molar-refractivity contribution in [3.8, 4) is 22.6 Å². The van der Waals surface area contributed by atoms with Gasteiger partial charge >= 0.3 is 0 Å². The standard InChI is InChI=1S/C27H34N8/c1-2-3-13-26-29-25(17-15-20-9-5-4-6-10-20)32-35(26)19-21-14-16-24(28-18-21)22-11-7-8-12-23(22)27-30-33-34-31-27/h7-8,11-12,14,16,18,20H,2-6,9-10,13,15,17,19H2,1H3,(H,30,31,33,34). The van der Waals surface area contributed by atoms with Crippen LogP contribution < -0.4 is 0 Å². The summed E-state index contributed by atoms with van der Waals surface area (Å²) in [6.45, 7) is 2.91. The lowest BCUT2D eigenvalue weighted by molar-refractivity contribution is 0.337. The number of H-pyrrole nitrogens is 1. The highest BCUT2D eigenvalue weighted by Crippen LogP contribution is 2.29. The molecule has 0 amide bonds. The summed E-state index contributed by atoms with van der Waals surface area (Å²) in [5, 5.41) is 19.4. The molecule has 1 aliphatic rings. The third kappa shape index (κ3) is 5.81. The number of benzene rings is 1. The molecule has 5 rings (SSSR count). The van der Waals surface area contributed by atoms with Crippen molar-refractivity contribution in [3.05, 3.63) is 59.8 Å². The van der Waals surface area contributed by atoms with Crippen molar-refractivity contribution >= 4 is 0 Å². The molecule has 0 atom stereocenters. The van der Waals surface area contributed by atoms with Crippen molar-refractivity contribution in [3.63, 3.8) is 0 Å². The van der Waals surface area contributed by atoms with Crippen molar-refractivity contribution in [2.24, 2.45) is 5.92 Å². The third-order valence-electron chi connectivity index (χ3n) is 6.99. The molecule has 1 aliphatic carbocycles. The molecule has 3 heterocycles. The number of rotatable bonds is 10. The third-order valence-corrected chi connectivity index (χ3v) is 6.99. The quantitative estimate of drug-likeness (QED) is 0.332. The van der Waals surface area contributed by atoms with Gasteiger partial charge in [-0.1, -0.05) is 75.8 Å². The number of aryl methyl sites for hydroxylation is 2. The van der Waals surface area contributed by atoms with Crippen molar-refractivity contribution in [2.75, 3.05) is 0 Å². The van der Waals surface area contributed by atoms with Gasteiger partial charge in [-0.05, 0) is 35.6 Å². The lowest BCUT2D eigenvalue weighted by Crippen LogP contribution is -2.09. The van der Waals surface area contributed by atoms with Crippen LogP contribution in [0.5, 0.6) is 0 Å². The highest BCUT2D eigenvalue weighted by atomic mass is 15.5. The maximum Gasteiger partial charge on any atom is 0.205 e. The second-order valence-corrected chi connectivity index (χ2v) is 9.58. The van der Waals surface area contributed by atoms with Crippen molar-refractivity contribution in [2.45, 2.75) is 77.7 Å². The molecule has 4 aromatic rings. The normalized spacial score (nSPS) is 14.4. The number of nitrogens with zero attached hydrogens (tertiary/aromatic N) is 7. The second kappa shape index (κ2) is 11.3. The molecule has 182 valence electrons. The molecule has 1 fully saturated rings. The van der Waals surface area contributed by atoms with Crippen LogP contribution in [0, 0.1) is 5.92 Å². The maximum absolute atomic E-state index is 4.94. The van der Waals surface area contributed by atoms with E-state index < -0.39 is 0 Å². The van der Waals surface area contributed by atoms with Crippen LogP contribution in [0.25, 0.3) is 22.6 Å². The first kappa shape index (κ1) is 23.3. The Hall–Kier alpha value is -3.42.